The Morgan fingerprint density at radius 3 is 1.79 bits per heavy atom. The van der Waals surface area contributed by atoms with E-state index in [1.807, 2.05) is 12.2 Å². The number of esters is 2. The van der Waals surface area contributed by atoms with Crippen LogP contribution in [0.15, 0.2) is 85.1 Å². The fourth-order valence-electron chi connectivity index (χ4n) is 5.01. The summed E-state index contributed by atoms with van der Waals surface area (Å²) in [4.78, 5) is 42.8. The van der Waals surface area contributed by atoms with Crippen LogP contribution < -0.4 is 0 Å². The summed E-state index contributed by atoms with van der Waals surface area (Å²) in [5, 5.41) is 10.1. The van der Waals surface area contributed by atoms with Crippen LogP contribution in [0.4, 0.5) is 0 Å². The van der Waals surface area contributed by atoms with Gasteiger partial charge >= 0.3 is 19.8 Å². The van der Waals surface area contributed by atoms with Crippen molar-refractivity contribution in [2.45, 2.75) is 161 Å². The maximum Gasteiger partial charge on any atom is 0.469 e. The third kappa shape index (κ3) is 40.2. The number of unbranched alkanes of at least 4 members (excludes halogenated alkanes) is 11. The normalized spacial score (nSPS) is 14.0. The van der Waals surface area contributed by atoms with Crippen molar-refractivity contribution < 1.29 is 43.0 Å². The highest BCUT2D eigenvalue weighted by Gasteiger charge is 2.22. The van der Waals surface area contributed by atoms with Crippen LogP contribution in [0.25, 0.3) is 0 Å². The Morgan fingerprint density at radius 1 is 0.604 bits per heavy atom. The molecule has 10 heteroatoms. The van der Waals surface area contributed by atoms with Gasteiger partial charge in [-0.3, -0.25) is 14.1 Å². The molecule has 0 aliphatic rings. The molecule has 3 N–H and O–H groups in total. The first-order valence-corrected chi connectivity index (χ1v) is 21.5. The first-order valence-electron chi connectivity index (χ1n) is 20.0. The molecule has 302 valence electrons. The maximum absolute atomic E-state index is 12.4. The first kappa shape index (κ1) is 50.2. The van der Waals surface area contributed by atoms with Crippen LogP contribution in [-0.4, -0.2) is 52.3 Å². The van der Waals surface area contributed by atoms with Crippen molar-refractivity contribution in [2.75, 3.05) is 13.2 Å². The molecule has 53 heavy (non-hydrogen) atoms. The van der Waals surface area contributed by atoms with E-state index in [9.17, 15) is 19.3 Å². The van der Waals surface area contributed by atoms with E-state index in [1.54, 1.807) is 24.3 Å². The van der Waals surface area contributed by atoms with Crippen LogP contribution in [0, 0.1) is 0 Å². The van der Waals surface area contributed by atoms with Crippen molar-refractivity contribution in [1.29, 1.82) is 0 Å². The number of hydrogen-bond donors (Lipinski definition) is 3. The molecule has 1 unspecified atom stereocenters. The zero-order chi connectivity index (χ0) is 39.1. The van der Waals surface area contributed by atoms with E-state index in [4.69, 9.17) is 19.3 Å². The molecule has 0 radical (unpaired) electrons. The quantitative estimate of drug-likeness (QED) is 0.0189. The lowest BCUT2D eigenvalue weighted by Crippen LogP contribution is -2.29. The average molecular weight is 763 g/mol. The van der Waals surface area contributed by atoms with Crippen molar-refractivity contribution in [3.8, 4) is 0 Å². The number of phosphoric ester groups is 1. The van der Waals surface area contributed by atoms with Crippen LogP contribution >= 0.6 is 7.82 Å². The lowest BCUT2D eigenvalue weighted by molar-refractivity contribution is -0.161. The van der Waals surface area contributed by atoms with Gasteiger partial charge in [-0.1, -0.05) is 150 Å². The molecule has 0 aromatic carbocycles. The molecular weight excluding hydrogens is 691 g/mol. The standard InChI is InChI=1S/C43H71O9P/c1-3-5-7-9-11-13-15-17-18-20-22-24-26-28-32-36-42(45)50-38-41(39-51-53(47,48)49)52-43(46)37-33-29-31-35-40(44)34-30-27-25-23-21-19-16-14-12-10-8-6-4-2/h6,8,12-15,19,21,25,27,29-31,34,40-41,44H,3-5,7,9-11,16-18,20,22-24,26,28,32-33,35-39H2,1-2H3,(H2,47,48,49)/b8-6-,14-12-,15-13-,21-19-,27-25-,31-29-,34-30-/t40?,41-/m1/s1. The third-order valence-corrected chi connectivity index (χ3v) is 8.48. The molecule has 0 aliphatic heterocycles. The van der Waals surface area contributed by atoms with Crippen molar-refractivity contribution >= 4 is 19.8 Å². The minimum absolute atomic E-state index is 0.000565. The molecule has 0 bridgehead atoms. The van der Waals surface area contributed by atoms with Gasteiger partial charge < -0.3 is 24.4 Å². The molecule has 0 aromatic rings. The van der Waals surface area contributed by atoms with E-state index in [0.29, 0.717) is 19.3 Å². The lowest BCUT2D eigenvalue weighted by atomic mass is 10.1. The summed E-state index contributed by atoms with van der Waals surface area (Å²) in [6.07, 6.45) is 46.2. The summed E-state index contributed by atoms with van der Waals surface area (Å²) in [6, 6.07) is 0. The fourth-order valence-corrected chi connectivity index (χ4v) is 5.37. The lowest BCUT2D eigenvalue weighted by Gasteiger charge is -2.18. The largest absolute Gasteiger partial charge is 0.469 e. The van der Waals surface area contributed by atoms with Crippen LogP contribution in [0.2, 0.25) is 0 Å². The molecule has 0 saturated carbocycles. The summed E-state index contributed by atoms with van der Waals surface area (Å²) in [6.45, 7) is 3.39. The molecule has 2 atom stereocenters. The molecule has 0 heterocycles. The van der Waals surface area contributed by atoms with E-state index in [-0.39, 0.29) is 19.4 Å². The van der Waals surface area contributed by atoms with Gasteiger partial charge in [0.15, 0.2) is 6.10 Å². The summed E-state index contributed by atoms with van der Waals surface area (Å²) in [7, 11) is -4.81. The number of allylic oxidation sites excluding steroid dienone is 12. The van der Waals surface area contributed by atoms with Gasteiger partial charge in [-0.2, -0.15) is 0 Å². The van der Waals surface area contributed by atoms with E-state index >= 15 is 0 Å². The van der Waals surface area contributed by atoms with E-state index in [0.717, 1.165) is 51.4 Å². The third-order valence-electron chi connectivity index (χ3n) is 7.99. The predicted molar refractivity (Wildman–Crippen MR) is 217 cm³/mol. The Morgan fingerprint density at radius 2 is 1.17 bits per heavy atom. The highest BCUT2D eigenvalue weighted by Crippen LogP contribution is 2.36. The Bertz CT molecular complexity index is 1150. The molecule has 0 amide bonds. The summed E-state index contributed by atoms with van der Waals surface area (Å²) < 4.78 is 26.2. The van der Waals surface area contributed by atoms with Crippen LogP contribution in [0.3, 0.4) is 0 Å². The van der Waals surface area contributed by atoms with Gasteiger partial charge in [0.25, 0.3) is 0 Å². The Balaban J connectivity index is 4.20. The highest BCUT2D eigenvalue weighted by atomic mass is 31.2. The second-order valence-electron chi connectivity index (χ2n) is 13.1. The topological polar surface area (TPSA) is 140 Å². The second kappa shape index (κ2) is 37.5. The Hall–Kier alpha value is -2.81. The van der Waals surface area contributed by atoms with Crippen LogP contribution in [-0.2, 0) is 28.2 Å². The van der Waals surface area contributed by atoms with E-state index < -0.39 is 38.6 Å². The van der Waals surface area contributed by atoms with Gasteiger partial charge in [-0.05, 0) is 70.6 Å². The van der Waals surface area contributed by atoms with Crippen molar-refractivity contribution in [2.24, 2.45) is 0 Å². The van der Waals surface area contributed by atoms with Gasteiger partial charge in [0, 0.05) is 12.8 Å². The molecule has 0 rings (SSSR count). The monoisotopic (exact) mass is 762 g/mol. The van der Waals surface area contributed by atoms with E-state index in [2.05, 4.69) is 67.0 Å². The minimum Gasteiger partial charge on any atom is -0.462 e. The van der Waals surface area contributed by atoms with Gasteiger partial charge in [0.2, 0.25) is 0 Å². The summed E-state index contributed by atoms with van der Waals surface area (Å²) in [5.41, 5.74) is 0. The van der Waals surface area contributed by atoms with Crippen molar-refractivity contribution in [3.05, 3.63) is 85.1 Å². The number of rotatable bonds is 35. The summed E-state index contributed by atoms with van der Waals surface area (Å²) in [5.74, 6) is -1.08. The van der Waals surface area contributed by atoms with E-state index in [1.165, 1.54) is 51.4 Å². The molecule has 0 saturated heterocycles. The first-order chi connectivity index (χ1) is 25.7. The zero-order valence-corrected chi connectivity index (χ0v) is 33.6. The molecular formula is C43H71O9P. The number of carbonyl (C=O) groups is 2. The number of ether oxygens (including phenoxy) is 2. The highest BCUT2D eigenvalue weighted by molar-refractivity contribution is 7.46. The van der Waals surface area contributed by atoms with Gasteiger partial charge in [-0.15, -0.1) is 0 Å². The number of carbonyl (C=O) groups excluding carboxylic acids is 2. The molecule has 9 nitrogen and oxygen atoms in total. The zero-order valence-electron chi connectivity index (χ0n) is 32.7. The number of phosphoric acid groups is 1. The van der Waals surface area contributed by atoms with Gasteiger partial charge in [-0.25, -0.2) is 4.57 Å². The Labute approximate surface area is 321 Å². The van der Waals surface area contributed by atoms with Crippen molar-refractivity contribution in [3.63, 3.8) is 0 Å². The van der Waals surface area contributed by atoms with Gasteiger partial charge in [0.05, 0.1) is 12.7 Å². The molecule has 0 aliphatic carbocycles. The molecule has 0 fully saturated rings. The predicted octanol–water partition coefficient (Wildman–Crippen LogP) is 11.0. The number of aliphatic hydroxyl groups is 1. The second-order valence-corrected chi connectivity index (χ2v) is 14.3. The SMILES string of the molecule is CC/C=C\C/C=C\C/C=C\C/C=C\C=C/C(O)C/C=C\CCC(=O)O[C@H](COC(=O)CCCCCCCCC/C=C\CCCCCC)COP(=O)(O)O. The molecule has 0 spiro atoms. The van der Waals surface area contributed by atoms with Crippen LogP contribution in [0.1, 0.15) is 149 Å². The van der Waals surface area contributed by atoms with Crippen molar-refractivity contribution in [1.82, 2.24) is 0 Å². The number of hydrogen-bond acceptors (Lipinski definition) is 7. The Kier molecular flexibility index (Phi) is 35.5. The summed E-state index contributed by atoms with van der Waals surface area (Å²) >= 11 is 0. The maximum atomic E-state index is 12.4. The van der Waals surface area contributed by atoms with Gasteiger partial charge in [0.1, 0.15) is 6.61 Å². The average Bonchev–Trinajstić information content (AvgIpc) is 3.12. The van der Waals surface area contributed by atoms with Crippen LogP contribution in [0.5, 0.6) is 0 Å². The number of aliphatic hydroxyl groups excluding tert-OH is 1. The smallest absolute Gasteiger partial charge is 0.462 e. The molecule has 0 aromatic heterocycles. The minimum atomic E-state index is -4.81. The fraction of sp³-hybridized carbons (Fsp3) is 0.628.